The fourth-order valence-corrected chi connectivity index (χ4v) is 3.30. The van der Waals surface area contributed by atoms with Gasteiger partial charge in [-0.3, -0.25) is 9.79 Å². The summed E-state index contributed by atoms with van der Waals surface area (Å²) in [6.07, 6.45) is 1.77. The number of aliphatic imine (C=N–C) groups is 1. The van der Waals surface area contributed by atoms with Crippen molar-refractivity contribution in [2.24, 2.45) is 4.99 Å². The predicted octanol–water partition coefficient (Wildman–Crippen LogP) is 4.06. The van der Waals surface area contributed by atoms with Gasteiger partial charge in [0, 0.05) is 31.2 Å². The van der Waals surface area contributed by atoms with Gasteiger partial charge in [0.1, 0.15) is 5.76 Å². The van der Waals surface area contributed by atoms with E-state index in [4.69, 9.17) is 9.47 Å². The number of hydrogen-bond acceptors (Lipinski definition) is 6. The third-order valence-electron chi connectivity index (χ3n) is 4.82. The molecule has 0 radical (unpaired) electrons. The van der Waals surface area contributed by atoms with Crippen molar-refractivity contribution in [3.63, 3.8) is 0 Å². The van der Waals surface area contributed by atoms with Gasteiger partial charge in [-0.15, -0.1) is 0 Å². The van der Waals surface area contributed by atoms with E-state index >= 15 is 0 Å². The maximum atomic E-state index is 12.6. The van der Waals surface area contributed by atoms with E-state index in [0.717, 1.165) is 5.56 Å². The maximum Gasteiger partial charge on any atom is 0.338 e. The molecule has 2 aromatic carbocycles. The molecule has 7 heteroatoms. The molecule has 2 aromatic rings. The Morgan fingerprint density at radius 2 is 1.76 bits per heavy atom. The number of aliphatic hydroxyl groups is 1. The van der Waals surface area contributed by atoms with E-state index < -0.39 is 5.97 Å². The summed E-state index contributed by atoms with van der Waals surface area (Å²) in [6, 6.07) is 12.2. The van der Waals surface area contributed by atoms with Crippen LogP contribution < -0.4 is 9.47 Å². The van der Waals surface area contributed by atoms with E-state index in [1.54, 1.807) is 0 Å². The highest BCUT2D eigenvalue weighted by Crippen LogP contribution is 2.36. The lowest BCUT2D eigenvalue weighted by atomic mass is 9.83. The van der Waals surface area contributed by atoms with Crippen LogP contribution in [0.3, 0.4) is 0 Å². The summed E-state index contributed by atoms with van der Waals surface area (Å²) in [5, 5.41) is 19.9. The molecule has 7 nitrogen and oxygen atoms in total. The van der Waals surface area contributed by atoms with Crippen molar-refractivity contribution in [1.29, 1.82) is 0 Å². The summed E-state index contributed by atoms with van der Waals surface area (Å²) in [6.45, 7) is 0. The highest BCUT2D eigenvalue weighted by atomic mass is 16.5. The summed E-state index contributed by atoms with van der Waals surface area (Å²) < 4.78 is 10.3. The van der Waals surface area contributed by atoms with E-state index in [-0.39, 0.29) is 46.5 Å². The molecule has 0 saturated carbocycles. The lowest BCUT2D eigenvalue weighted by Crippen LogP contribution is -2.19. The van der Waals surface area contributed by atoms with Crippen LogP contribution in [0.15, 0.2) is 58.8 Å². The number of rotatable bonds is 6. The first-order valence-corrected chi connectivity index (χ1v) is 8.98. The maximum absolute atomic E-state index is 12.6. The third kappa shape index (κ3) is 4.29. The molecule has 0 aliphatic heterocycles. The van der Waals surface area contributed by atoms with Gasteiger partial charge in [0.25, 0.3) is 0 Å². The lowest BCUT2D eigenvalue weighted by Gasteiger charge is -2.22. The van der Waals surface area contributed by atoms with E-state index in [1.807, 2.05) is 30.3 Å². The number of ketones is 1. The molecular weight excluding hydrogens is 374 g/mol. The molecule has 29 heavy (non-hydrogen) atoms. The molecule has 1 unspecified atom stereocenters. The monoisotopic (exact) mass is 395 g/mol. The SMILES string of the molecule is COc1cc(N=CC2=C(O)CC(c3ccccc3)CC2=O)c(C(=O)O)cc1OC. The zero-order valence-corrected chi connectivity index (χ0v) is 16.1. The Kier molecular flexibility index (Phi) is 5.97. The summed E-state index contributed by atoms with van der Waals surface area (Å²) in [5.74, 6) is -1.04. The largest absolute Gasteiger partial charge is 0.511 e. The number of aromatic carboxylic acids is 1. The van der Waals surface area contributed by atoms with E-state index in [9.17, 15) is 19.8 Å². The van der Waals surface area contributed by atoms with E-state index in [1.165, 1.54) is 32.6 Å². The minimum Gasteiger partial charge on any atom is -0.511 e. The number of Topliss-reactive ketones (excluding diaryl/α,β-unsaturated/α-hetero) is 1. The molecule has 2 N–H and O–H groups in total. The van der Waals surface area contributed by atoms with Crippen molar-refractivity contribution in [1.82, 2.24) is 0 Å². The van der Waals surface area contributed by atoms with Crippen LogP contribution in [0.2, 0.25) is 0 Å². The van der Waals surface area contributed by atoms with Crippen molar-refractivity contribution in [3.05, 3.63) is 64.9 Å². The molecular formula is C22H21NO6. The molecule has 0 bridgehead atoms. The fraction of sp³-hybridized carbons (Fsp3) is 0.227. The molecule has 1 aliphatic rings. The number of ether oxygens (including phenoxy) is 2. The van der Waals surface area contributed by atoms with Crippen molar-refractivity contribution in [2.45, 2.75) is 18.8 Å². The van der Waals surface area contributed by atoms with Gasteiger partial charge in [0.05, 0.1) is 31.0 Å². The Morgan fingerprint density at radius 1 is 1.10 bits per heavy atom. The molecule has 0 amide bonds. The zero-order chi connectivity index (χ0) is 21.0. The van der Waals surface area contributed by atoms with Crippen LogP contribution in [0.4, 0.5) is 5.69 Å². The van der Waals surface area contributed by atoms with E-state index in [2.05, 4.69) is 4.99 Å². The summed E-state index contributed by atoms with van der Waals surface area (Å²) in [4.78, 5) is 28.3. The molecule has 0 fully saturated rings. The first kappa shape index (κ1) is 20.1. The van der Waals surface area contributed by atoms with Crippen LogP contribution in [0.1, 0.15) is 34.7 Å². The molecule has 0 heterocycles. The predicted molar refractivity (Wildman–Crippen MR) is 108 cm³/mol. The third-order valence-corrected chi connectivity index (χ3v) is 4.82. The average Bonchev–Trinajstić information content (AvgIpc) is 2.72. The number of hydrogen-bond donors (Lipinski definition) is 2. The standard InChI is InChI=1S/C22H21NO6/c1-28-20-10-15(22(26)27)17(11-21(20)29-2)23-12-16-18(24)8-14(9-19(16)25)13-6-4-3-5-7-13/h3-7,10-12,14,24H,8-9H2,1-2H3,(H,26,27). The van der Waals surface area contributed by atoms with Crippen molar-refractivity contribution >= 4 is 23.7 Å². The minimum absolute atomic E-state index is 0.0591. The molecule has 1 atom stereocenters. The fourth-order valence-electron chi connectivity index (χ4n) is 3.30. The summed E-state index contributed by atoms with van der Waals surface area (Å²) in [5.41, 5.74) is 1.05. The van der Waals surface area contributed by atoms with Gasteiger partial charge in [0.2, 0.25) is 0 Å². The highest BCUT2D eigenvalue weighted by molar-refractivity contribution is 6.15. The number of carbonyl (C=O) groups is 2. The zero-order valence-electron chi connectivity index (χ0n) is 16.1. The van der Waals surface area contributed by atoms with Crippen LogP contribution in [-0.4, -0.2) is 42.4 Å². The number of methoxy groups -OCH3 is 2. The van der Waals surface area contributed by atoms with Crippen LogP contribution >= 0.6 is 0 Å². The van der Waals surface area contributed by atoms with Crippen LogP contribution in [0, 0.1) is 0 Å². The highest BCUT2D eigenvalue weighted by Gasteiger charge is 2.28. The number of carbonyl (C=O) groups excluding carboxylic acids is 1. The lowest BCUT2D eigenvalue weighted by molar-refractivity contribution is -0.116. The normalized spacial score (nSPS) is 16.9. The van der Waals surface area contributed by atoms with Gasteiger partial charge in [-0.05, 0) is 11.5 Å². The summed E-state index contributed by atoms with van der Waals surface area (Å²) >= 11 is 0. The molecule has 1 aliphatic carbocycles. The second-order valence-electron chi connectivity index (χ2n) is 6.59. The Bertz CT molecular complexity index is 994. The van der Waals surface area contributed by atoms with Crippen molar-refractivity contribution < 1.29 is 29.3 Å². The number of nitrogens with zero attached hydrogens (tertiary/aromatic N) is 1. The molecule has 0 saturated heterocycles. The van der Waals surface area contributed by atoms with Crippen LogP contribution in [-0.2, 0) is 4.79 Å². The van der Waals surface area contributed by atoms with Gasteiger partial charge in [0.15, 0.2) is 17.3 Å². The first-order chi connectivity index (χ1) is 13.9. The first-order valence-electron chi connectivity index (χ1n) is 8.98. The molecule has 150 valence electrons. The van der Waals surface area contributed by atoms with Crippen molar-refractivity contribution in [2.75, 3.05) is 14.2 Å². The van der Waals surface area contributed by atoms with Gasteiger partial charge >= 0.3 is 5.97 Å². The average molecular weight is 395 g/mol. The Hall–Kier alpha value is -3.61. The smallest absolute Gasteiger partial charge is 0.338 e. The number of carboxylic acid groups (broad SMARTS) is 1. The van der Waals surface area contributed by atoms with Crippen LogP contribution in [0.5, 0.6) is 11.5 Å². The number of aliphatic hydroxyl groups excluding tert-OH is 1. The van der Waals surface area contributed by atoms with Gasteiger partial charge < -0.3 is 19.7 Å². The second-order valence-corrected chi connectivity index (χ2v) is 6.59. The van der Waals surface area contributed by atoms with Crippen LogP contribution in [0.25, 0.3) is 0 Å². The van der Waals surface area contributed by atoms with Gasteiger partial charge in [-0.2, -0.15) is 0 Å². The Balaban J connectivity index is 1.93. The molecule has 0 spiro atoms. The van der Waals surface area contributed by atoms with Gasteiger partial charge in [-0.1, -0.05) is 30.3 Å². The topological polar surface area (TPSA) is 105 Å². The minimum atomic E-state index is -1.20. The second kappa shape index (κ2) is 8.60. The Morgan fingerprint density at radius 3 is 2.34 bits per heavy atom. The van der Waals surface area contributed by atoms with E-state index in [0.29, 0.717) is 12.2 Å². The Labute approximate surface area is 167 Å². The molecule has 0 aromatic heterocycles. The quantitative estimate of drug-likeness (QED) is 0.715. The number of allylic oxidation sites excluding steroid dienone is 2. The van der Waals surface area contributed by atoms with Gasteiger partial charge in [-0.25, -0.2) is 4.79 Å². The summed E-state index contributed by atoms with van der Waals surface area (Å²) in [7, 11) is 2.83. The van der Waals surface area contributed by atoms with Crippen molar-refractivity contribution in [3.8, 4) is 11.5 Å². The number of carboxylic acids is 1. The molecule has 3 rings (SSSR count). The number of benzene rings is 2.